The Morgan fingerprint density at radius 1 is 1.07 bits per heavy atom. The second-order valence-electron chi connectivity index (χ2n) is 6.48. The molecule has 0 fully saturated rings. The maximum absolute atomic E-state index is 12.7. The van der Waals surface area contributed by atoms with Gasteiger partial charge in [0.2, 0.25) is 0 Å². The number of hydrogen-bond acceptors (Lipinski definition) is 4. The molecule has 1 aromatic heterocycles. The highest BCUT2D eigenvalue weighted by atomic mass is 35.5. The van der Waals surface area contributed by atoms with E-state index < -0.39 is 12.0 Å². The van der Waals surface area contributed by atoms with Crippen LogP contribution < -0.4 is 10.6 Å². The lowest BCUT2D eigenvalue weighted by Gasteiger charge is -2.11. The highest BCUT2D eigenvalue weighted by Gasteiger charge is 2.23. The van der Waals surface area contributed by atoms with Gasteiger partial charge in [0, 0.05) is 21.7 Å². The average Bonchev–Trinajstić information content (AvgIpc) is 3.05. The number of anilines is 2. The van der Waals surface area contributed by atoms with Gasteiger partial charge in [0.05, 0.1) is 6.61 Å². The van der Waals surface area contributed by atoms with Crippen molar-refractivity contribution < 1.29 is 14.3 Å². The van der Waals surface area contributed by atoms with Crippen LogP contribution in [0.15, 0.2) is 47.8 Å². The summed E-state index contributed by atoms with van der Waals surface area (Å²) in [5, 5.41) is 8.29. The van der Waals surface area contributed by atoms with Gasteiger partial charge in [0.15, 0.2) is 0 Å². The van der Waals surface area contributed by atoms with Crippen molar-refractivity contribution >= 4 is 45.6 Å². The molecule has 0 spiro atoms. The molecule has 0 aliphatic carbocycles. The van der Waals surface area contributed by atoms with Crippen LogP contribution >= 0.6 is 22.9 Å². The predicted octanol–water partition coefficient (Wildman–Crippen LogP) is 6.51. The molecule has 2 aromatic carbocycles. The first-order valence-corrected chi connectivity index (χ1v) is 10.3. The molecule has 0 radical (unpaired) electrons. The monoisotopic (exact) mass is 428 g/mol. The summed E-state index contributed by atoms with van der Waals surface area (Å²) in [6, 6.07) is 12.4. The summed E-state index contributed by atoms with van der Waals surface area (Å²) in [5.74, 6) is -0.471. The topological polar surface area (TPSA) is 67.4 Å². The Hall–Kier alpha value is -2.83. The first-order valence-electron chi connectivity index (χ1n) is 9.09. The van der Waals surface area contributed by atoms with Crippen LogP contribution in [0.25, 0.3) is 11.1 Å². The Kier molecular flexibility index (Phi) is 6.56. The van der Waals surface area contributed by atoms with E-state index in [1.807, 2.05) is 31.4 Å². The number of benzene rings is 2. The third-order valence-electron chi connectivity index (χ3n) is 4.25. The van der Waals surface area contributed by atoms with Crippen molar-refractivity contribution in [1.82, 2.24) is 0 Å². The van der Waals surface area contributed by atoms with E-state index in [9.17, 15) is 9.59 Å². The van der Waals surface area contributed by atoms with Gasteiger partial charge in [-0.2, -0.15) is 0 Å². The van der Waals surface area contributed by atoms with E-state index in [1.165, 1.54) is 11.3 Å². The average molecular weight is 429 g/mol. The Balaban J connectivity index is 1.93. The minimum atomic E-state index is -0.471. The minimum Gasteiger partial charge on any atom is -0.462 e. The van der Waals surface area contributed by atoms with Crippen LogP contribution in [0.4, 0.5) is 15.5 Å². The number of halogens is 1. The molecule has 0 saturated carbocycles. The molecule has 0 saturated heterocycles. The fourth-order valence-electron chi connectivity index (χ4n) is 3.00. The molecule has 2 amide bonds. The number of urea groups is 1. The number of nitrogens with one attached hydrogen (secondary N) is 2. The number of carbonyl (C=O) groups excluding carboxylic acids is 2. The molecule has 2 N–H and O–H groups in total. The van der Waals surface area contributed by atoms with Crippen LogP contribution in [-0.4, -0.2) is 18.6 Å². The van der Waals surface area contributed by atoms with Gasteiger partial charge < -0.3 is 10.1 Å². The van der Waals surface area contributed by atoms with Crippen LogP contribution in [0.3, 0.4) is 0 Å². The van der Waals surface area contributed by atoms with Gasteiger partial charge in [-0.1, -0.05) is 41.4 Å². The molecule has 1 heterocycles. The lowest BCUT2D eigenvalue weighted by molar-refractivity contribution is 0.0529. The zero-order valence-electron chi connectivity index (χ0n) is 16.3. The van der Waals surface area contributed by atoms with E-state index in [-0.39, 0.29) is 6.61 Å². The fraction of sp³-hybridized carbons (Fsp3) is 0.182. The molecule has 3 rings (SSSR count). The second-order valence-corrected chi connectivity index (χ2v) is 7.80. The van der Waals surface area contributed by atoms with Crippen LogP contribution in [0.2, 0.25) is 5.02 Å². The Morgan fingerprint density at radius 2 is 1.86 bits per heavy atom. The maximum Gasteiger partial charge on any atom is 0.341 e. The van der Waals surface area contributed by atoms with Gasteiger partial charge >= 0.3 is 12.0 Å². The van der Waals surface area contributed by atoms with E-state index >= 15 is 0 Å². The predicted molar refractivity (Wildman–Crippen MR) is 119 cm³/mol. The quantitative estimate of drug-likeness (QED) is 0.455. The van der Waals surface area contributed by atoms with Crippen molar-refractivity contribution in [2.75, 3.05) is 17.2 Å². The molecule has 0 unspecified atom stereocenters. The number of ether oxygens (including phenoxy) is 1. The molecule has 150 valence electrons. The molecule has 5 nitrogen and oxygen atoms in total. The zero-order valence-corrected chi connectivity index (χ0v) is 17.9. The number of carbonyl (C=O) groups is 2. The van der Waals surface area contributed by atoms with Gasteiger partial charge in [0.25, 0.3) is 0 Å². The maximum atomic E-state index is 12.7. The molecule has 0 aliphatic heterocycles. The molecule has 29 heavy (non-hydrogen) atoms. The van der Waals surface area contributed by atoms with Crippen molar-refractivity contribution in [3.05, 3.63) is 69.6 Å². The van der Waals surface area contributed by atoms with Crippen LogP contribution in [0.5, 0.6) is 0 Å². The van der Waals surface area contributed by atoms with Crippen LogP contribution in [0, 0.1) is 13.8 Å². The van der Waals surface area contributed by atoms with Gasteiger partial charge in [-0.05, 0) is 50.1 Å². The van der Waals surface area contributed by atoms with Crippen molar-refractivity contribution in [2.24, 2.45) is 0 Å². The van der Waals surface area contributed by atoms with Crippen molar-refractivity contribution in [3.63, 3.8) is 0 Å². The van der Waals surface area contributed by atoms with E-state index in [0.29, 0.717) is 21.3 Å². The molecule has 3 aromatic rings. The van der Waals surface area contributed by atoms with Crippen LogP contribution in [-0.2, 0) is 4.74 Å². The SMILES string of the molecule is CCOC(=O)c1c(-c2ccc(C)cc2C)csc1NC(=O)Nc1cccc(Cl)c1. The number of esters is 1. The number of thiophene rings is 1. The fourth-order valence-corrected chi connectivity index (χ4v) is 4.14. The number of hydrogen-bond donors (Lipinski definition) is 2. The van der Waals surface area contributed by atoms with Gasteiger partial charge in [-0.3, -0.25) is 5.32 Å². The lowest BCUT2D eigenvalue weighted by Crippen LogP contribution is -2.20. The van der Waals surface area contributed by atoms with Crippen molar-refractivity contribution in [2.45, 2.75) is 20.8 Å². The van der Waals surface area contributed by atoms with E-state index in [0.717, 1.165) is 22.3 Å². The third-order valence-corrected chi connectivity index (χ3v) is 5.38. The highest BCUT2D eigenvalue weighted by Crippen LogP contribution is 2.38. The zero-order chi connectivity index (χ0) is 21.0. The molecular weight excluding hydrogens is 408 g/mol. The molecule has 0 bridgehead atoms. The number of aryl methyl sites for hydroxylation is 2. The van der Waals surface area contributed by atoms with Gasteiger partial charge in [-0.25, -0.2) is 9.59 Å². The number of amides is 2. The number of rotatable bonds is 5. The highest BCUT2D eigenvalue weighted by molar-refractivity contribution is 7.15. The Morgan fingerprint density at radius 3 is 2.55 bits per heavy atom. The van der Waals surface area contributed by atoms with Gasteiger partial charge in [0.1, 0.15) is 10.6 Å². The Bertz CT molecular complexity index is 1060. The second kappa shape index (κ2) is 9.11. The standard InChI is InChI=1S/C22H21ClN2O3S/c1-4-28-21(26)19-18(17-9-8-13(2)10-14(17)3)12-29-20(19)25-22(27)24-16-7-5-6-15(23)11-16/h5-12H,4H2,1-3H3,(H2,24,25,27). The van der Waals surface area contributed by atoms with E-state index in [2.05, 4.69) is 16.7 Å². The summed E-state index contributed by atoms with van der Waals surface area (Å²) < 4.78 is 5.25. The summed E-state index contributed by atoms with van der Waals surface area (Å²) in [6.07, 6.45) is 0. The van der Waals surface area contributed by atoms with Crippen LogP contribution in [0.1, 0.15) is 28.4 Å². The van der Waals surface area contributed by atoms with Crippen molar-refractivity contribution in [1.29, 1.82) is 0 Å². The summed E-state index contributed by atoms with van der Waals surface area (Å²) >= 11 is 7.24. The van der Waals surface area contributed by atoms with Gasteiger partial charge in [-0.15, -0.1) is 11.3 Å². The largest absolute Gasteiger partial charge is 0.462 e. The summed E-state index contributed by atoms with van der Waals surface area (Å²) in [5.41, 5.74) is 4.76. The first kappa shape index (κ1) is 20.9. The van der Waals surface area contributed by atoms with Crippen molar-refractivity contribution in [3.8, 4) is 11.1 Å². The summed E-state index contributed by atoms with van der Waals surface area (Å²) in [4.78, 5) is 25.2. The third kappa shape index (κ3) is 4.96. The summed E-state index contributed by atoms with van der Waals surface area (Å²) in [7, 11) is 0. The lowest BCUT2D eigenvalue weighted by atomic mass is 9.98. The van der Waals surface area contributed by atoms with E-state index in [4.69, 9.17) is 16.3 Å². The van der Waals surface area contributed by atoms with E-state index in [1.54, 1.807) is 31.2 Å². The first-order chi connectivity index (χ1) is 13.9. The molecule has 7 heteroatoms. The normalized spacial score (nSPS) is 10.5. The molecule has 0 aliphatic rings. The smallest absolute Gasteiger partial charge is 0.341 e. The molecule has 0 atom stereocenters. The Labute approximate surface area is 178 Å². The molecular formula is C22H21ClN2O3S. The minimum absolute atomic E-state index is 0.245. The summed E-state index contributed by atoms with van der Waals surface area (Å²) in [6.45, 7) is 6.01.